The Morgan fingerprint density at radius 3 is 2.21 bits per heavy atom. The highest BCUT2D eigenvalue weighted by Gasteiger charge is 2.22. The number of carbonyl (C=O) groups is 1. The second-order valence-electron chi connectivity index (χ2n) is 6.24. The van der Waals surface area contributed by atoms with Crippen LogP contribution in [0.3, 0.4) is 0 Å². The van der Waals surface area contributed by atoms with Crippen molar-refractivity contribution < 1.29 is 19.0 Å². The molecular formula is C19H24N6O4. The van der Waals surface area contributed by atoms with E-state index in [1.807, 2.05) is 11.6 Å². The van der Waals surface area contributed by atoms with Crippen LogP contribution in [-0.2, 0) is 6.54 Å². The first kappa shape index (κ1) is 20.2. The van der Waals surface area contributed by atoms with Crippen LogP contribution >= 0.6 is 0 Å². The molecule has 0 radical (unpaired) electrons. The summed E-state index contributed by atoms with van der Waals surface area (Å²) in [5, 5.41) is 15.2. The topological polar surface area (TPSA) is 105 Å². The lowest BCUT2D eigenvalue weighted by Gasteiger charge is -2.14. The van der Waals surface area contributed by atoms with Crippen molar-refractivity contribution in [2.75, 3.05) is 26.6 Å². The summed E-state index contributed by atoms with van der Waals surface area (Å²) in [5.74, 6) is 1.42. The van der Waals surface area contributed by atoms with E-state index in [4.69, 9.17) is 14.2 Å². The molecule has 10 nitrogen and oxygen atoms in total. The fourth-order valence-electron chi connectivity index (χ4n) is 2.99. The van der Waals surface area contributed by atoms with Gasteiger partial charge in [-0.25, -0.2) is 0 Å². The van der Waals surface area contributed by atoms with Crippen LogP contribution in [0.1, 0.15) is 29.4 Å². The molecule has 29 heavy (non-hydrogen) atoms. The van der Waals surface area contributed by atoms with E-state index in [-0.39, 0.29) is 5.91 Å². The van der Waals surface area contributed by atoms with E-state index in [2.05, 4.69) is 27.5 Å². The first-order valence-electron chi connectivity index (χ1n) is 9.07. The first-order chi connectivity index (χ1) is 14.0. The van der Waals surface area contributed by atoms with Crippen molar-refractivity contribution in [1.82, 2.24) is 24.5 Å². The highest BCUT2D eigenvalue weighted by Crippen LogP contribution is 2.38. The molecule has 154 valence electrons. The molecule has 0 saturated heterocycles. The van der Waals surface area contributed by atoms with Gasteiger partial charge in [-0.15, -0.1) is 10.2 Å². The Bertz CT molecular complexity index is 972. The van der Waals surface area contributed by atoms with E-state index < -0.39 is 0 Å². The number of ether oxygens (including phenoxy) is 3. The summed E-state index contributed by atoms with van der Waals surface area (Å²) in [5.41, 5.74) is 1.77. The summed E-state index contributed by atoms with van der Waals surface area (Å²) in [6.45, 7) is 4.69. The summed E-state index contributed by atoms with van der Waals surface area (Å²) in [6, 6.07) is 3.20. The van der Waals surface area contributed by atoms with Gasteiger partial charge in [0.15, 0.2) is 17.3 Å². The number of nitrogens with zero attached hydrogens (tertiary/aromatic N) is 5. The Morgan fingerprint density at radius 2 is 1.69 bits per heavy atom. The molecule has 1 amide bonds. The highest BCUT2D eigenvalue weighted by molar-refractivity contribution is 6.06. The van der Waals surface area contributed by atoms with Crippen LogP contribution in [0.4, 0.5) is 5.69 Å². The molecule has 1 aromatic carbocycles. The molecule has 0 aliphatic rings. The maximum absolute atomic E-state index is 13.1. The number of hydrogen-bond donors (Lipinski definition) is 1. The summed E-state index contributed by atoms with van der Waals surface area (Å²) in [6.07, 6.45) is 3.98. The Morgan fingerprint density at radius 1 is 1.07 bits per heavy atom. The standard InChI is InChI=1S/C19H24N6O4/c1-6-7-25-12(2)16(18(23-25)24-10-20-21-11-24)22-19(26)13-8-14(27-3)17(29-5)15(9-13)28-4/h8-11H,6-7H2,1-5H3,(H,22,26). The van der Waals surface area contributed by atoms with Crippen molar-refractivity contribution >= 4 is 11.6 Å². The van der Waals surface area contributed by atoms with Crippen molar-refractivity contribution in [2.45, 2.75) is 26.8 Å². The molecule has 0 saturated carbocycles. The number of aryl methyl sites for hydroxylation is 1. The molecular weight excluding hydrogens is 376 g/mol. The minimum atomic E-state index is -0.335. The fourth-order valence-corrected chi connectivity index (χ4v) is 2.99. The van der Waals surface area contributed by atoms with E-state index in [1.54, 1.807) is 16.7 Å². The third-order valence-electron chi connectivity index (χ3n) is 4.45. The molecule has 2 aromatic heterocycles. The van der Waals surface area contributed by atoms with E-state index in [1.165, 1.54) is 34.0 Å². The number of carbonyl (C=O) groups excluding carboxylic acids is 1. The number of amides is 1. The van der Waals surface area contributed by atoms with E-state index in [0.717, 1.165) is 18.7 Å². The smallest absolute Gasteiger partial charge is 0.256 e. The zero-order valence-corrected chi connectivity index (χ0v) is 17.1. The van der Waals surface area contributed by atoms with Crippen LogP contribution in [0.25, 0.3) is 5.82 Å². The van der Waals surface area contributed by atoms with Gasteiger partial charge in [-0.2, -0.15) is 5.10 Å². The molecule has 0 fully saturated rings. The molecule has 0 aliphatic heterocycles. The summed E-state index contributed by atoms with van der Waals surface area (Å²) in [7, 11) is 4.52. The SMILES string of the molecule is CCCn1nc(-n2cnnc2)c(NC(=O)c2cc(OC)c(OC)c(OC)c2)c1C. The molecule has 0 bridgehead atoms. The molecule has 1 N–H and O–H groups in total. The Hall–Kier alpha value is -3.56. The third kappa shape index (κ3) is 3.86. The number of nitrogens with one attached hydrogen (secondary N) is 1. The first-order valence-corrected chi connectivity index (χ1v) is 9.07. The molecule has 0 atom stereocenters. The third-order valence-corrected chi connectivity index (χ3v) is 4.45. The monoisotopic (exact) mass is 400 g/mol. The van der Waals surface area contributed by atoms with Gasteiger partial charge in [-0.1, -0.05) is 6.92 Å². The van der Waals surface area contributed by atoms with E-state index in [0.29, 0.717) is 34.3 Å². The molecule has 3 rings (SSSR count). The minimum absolute atomic E-state index is 0.335. The maximum atomic E-state index is 13.1. The van der Waals surface area contributed by atoms with E-state index in [9.17, 15) is 4.79 Å². The van der Waals surface area contributed by atoms with Crippen molar-refractivity contribution in [1.29, 1.82) is 0 Å². The van der Waals surface area contributed by atoms with Crippen molar-refractivity contribution in [2.24, 2.45) is 0 Å². The number of rotatable bonds is 8. The molecule has 2 heterocycles. The molecule has 0 spiro atoms. The van der Waals surface area contributed by atoms with Gasteiger partial charge in [0, 0.05) is 12.1 Å². The summed E-state index contributed by atoms with van der Waals surface area (Å²) >= 11 is 0. The zero-order chi connectivity index (χ0) is 21.0. The van der Waals surface area contributed by atoms with Crippen LogP contribution in [0.15, 0.2) is 24.8 Å². The maximum Gasteiger partial charge on any atom is 0.256 e. The van der Waals surface area contributed by atoms with Gasteiger partial charge in [0.25, 0.3) is 5.91 Å². The molecule has 0 aliphatic carbocycles. The normalized spacial score (nSPS) is 10.7. The second-order valence-corrected chi connectivity index (χ2v) is 6.24. The number of anilines is 1. The van der Waals surface area contributed by atoms with Crippen molar-refractivity contribution in [3.63, 3.8) is 0 Å². The van der Waals surface area contributed by atoms with Crippen LogP contribution in [0.2, 0.25) is 0 Å². The minimum Gasteiger partial charge on any atom is -0.493 e. The summed E-state index contributed by atoms with van der Waals surface area (Å²) < 4.78 is 19.5. The van der Waals surface area contributed by atoms with Gasteiger partial charge >= 0.3 is 0 Å². The number of benzene rings is 1. The number of methoxy groups -OCH3 is 3. The molecule has 3 aromatic rings. The average molecular weight is 400 g/mol. The van der Waals surface area contributed by atoms with E-state index >= 15 is 0 Å². The van der Waals surface area contributed by atoms with Gasteiger partial charge in [0.05, 0.1) is 27.0 Å². The molecule has 10 heteroatoms. The molecule has 0 unspecified atom stereocenters. The van der Waals surface area contributed by atoms with Gasteiger partial charge in [-0.05, 0) is 25.5 Å². The predicted octanol–water partition coefficient (Wildman–Crippen LogP) is 2.46. The Kier molecular flexibility index (Phi) is 6.01. The Balaban J connectivity index is 2.01. The van der Waals surface area contributed by atoms with Crippen molar-refractivity contribution in [3.05, 3.63) is 36.0 Å². The van der Waals surface area contributed by atoms with Crippen molar-refractivity contribution in [3.8, 4) is 23.1 Å². The van der Waals surface area contributed by atoms with Crippen LogP contribution < -0.4 is 19.5 Å². The van der Waals surface area contributed by atoms with Gasteiger partial charge in [0.2, 0.25) is 5.75 Å². The highest BCUT2D eigenvalue weighted by atomic mass is 16.5. The summed E-state index contributed by atoms with van der Waals surface area (Å²) in [4.78, 5) is 13.1. The zero-order valence-electron chi connectivity index (χ0n) is 17.1. The lowest BCUT2D eigenvalue weighted by molar-refractivity contribution is 0.102. The largest absolute Gasteiger partial charge is 0.493 e. The van der Waals surface area contributed by atoms with Crippen LogP contribution in [0.5, 0.6) is 17.2 Å². The quantitative estimate of drug-likeness (QED) is 0.619. The Labute approximate surface area is 168 Å². The van der Waals surface area contributed by atoms with Gasteiger partial charge < -0.3 is 19.5 Å². The lowest BCUT2D eigenvalue weighted by Crippen LogP contribution is -2.14. The predicted molar refractivity (Wildman–Crippen MR) is 106 cm³/mol. The van der Waals surface area contributed by atoms with Crippen LogP contribution in [-0.4, -0.2) is 51.8 Å². The van der Waals surface area contributed by atoms with Gasteiger partial charge in [-0.3, -0.25) is 14.0 Å². The number of aromatic nitrogens is 5. The van der Waals surface area contributed by atoms with Gasteiger partial charge in [0.1, 0.15) is 18.3 Å². The number of hydrogen-bond acceptors (Lipinski definition) is 7. The average Bonchev–Trinajstić information content (AvgIpc) is 3.37. The lowest BCUT2D eigenvalue weighted by atomic mass is 10.1. The second kappa shape index (κ2) is 8.63. The fraction of sp³-hybridized carbons (Fsp3) is 0.368. The van der Waals surface area contributed by atoms with Crippen LogP contribution in [0, 0.1) is 6.92 Å².